The van der Waals surface area contributed by atoms with Gasteiger partial charge in [0.25, 0.3) is 0 Å². The van der Waals surface area contributed by atoms with Crippen LogP contribution in [0.3, 0.4) is 0 Å². The van der Waals surface area contributed by atoms with Crippen molar-refractivity contribution in [3.8, 4) is 11.4 Å². The number of halogens is 2. The second-order valence-corrected chi connectivity index (χ2v) is 4.75. The summed E-state index contributed by atoms with van der Waals surface area (Å²) in [5.74, 6) is 0.862. The van der Waals surface area contributed by atoms with Gasteiger partial charge in [-0.1, -0.05) is 11.6 Å². The highest BCUT2D eigenvalue weighted by Crippen LogP contribution is 2.26. The number of anilines is 1. The van der Waals surface area contributed by atoms with Gasteiger partial charge in [0, 0.05) is 23.0 Å². The molecular formula is C15H11ClFN3. The summed E-state index contributed by atoms with van der Waals surface area (Å²) in [6.45, 7) is 0. The molecule has 1 heterocycles. The van der Waals surface area contributed by atoms with Crippen LogP contribution in [0, 0.1) is 5.82 Å². The zero-order chi connectivity index (χ0) is 14.1. The van der Waals surface area contributed by atoms with E-state index in [-0.39, 0.29) is 5.82 Å². The highest BCUT2D eigenvalue weighted by Gasteiger charge is 2.09. The van der Waals surface area contributed by atoms with Crippen molar-refractivity contribution in [2.75, 3.05) is 12.4 Å². The lowest BCUT2D eigenvalue weighted by atomic mass is 10.2. The van der Waals surface area contributed by atoms with Crippen LogP contribution < -0.4 is 5.32 Å². The first-order valence-corrected chi connectivity index (χ1v) is 6.46. The van der Waals surface area contributed by atoms with Gasteiger partial charge in [0.2, 0.25) is 0 Å². The van der Waals surface area contributed by atoms with Crippen LogP contribution in [0.1, 0.15) is 0 Å². The van der Waals surface area contributed by atoms with E-state index in [9.17, 15) is 4.39 Å². The van der Waals surface area contributed by atoms with Crippen LogP contribution in [-0.2, 0) is 0 Å². The standard InChI is InChI=1S/C15H11ClFN3/c1-18-15-12-8-11(17)6-7-13(12)19-14(20-15)9-2-4-10(16)5-3-9/h2-8H,1H3,(H,18,19,20). The van der Waals surface area contributed by atoms with Crippen molar-refractivity contribution in [3.05, 3.63) is 53.3 Å². The van der Waals surface area contributed by atoms with Crippen LogP contribution in [0.15, 0.2) is 42.5 Å². The molecule has 0 fully saturated rings. The average molecular weight is 288 g/mol. The monoisotopic (exact) mass is 287 g/mol. The Labute approximate surface area is 120 Å². The minimum absolute atomic E-state index is 0.308. The van der Waals surface area contributed by atoms with Gasteiger partial charge in [0.05, 0.1) is 5.52 Å². The molecule has 3 nitrogen and oxygen atoms in total. The first kappa shape index (κ1) is 12.8. The summed E-state index contributed by atoms with van der Waals surface area (Å²) in [4.78, 5) is 8.89. The van der Waals surface area contributed by atoms with E-state index in [2.05, 4.69) is 15.3 Å². The van der Waals surface area contributed by atoms with E-state index in [0.717, 1.165) is 5.56 Å². The van der Waals surface area contributed by atoms with Crippen molar-refractivity contribution < 1.29 is 4.39 Å². The third-order valence-electron chi connectivity index (χ3n) is 3.00. The quantitative estimate of drug-likeness (QED) is 0.770. The van der Waals surface area contributed by atoms with Crippen LogP contribution in [-0.4, -0.2) is 17.0 Å². The normalized spacial score (nSPS) is 10.8. The van der Waals surface area contributed by atoms with Crippen LogP contribution in [0.25, 0.3) is 22.3 Å². The maximum Gasteiger partial charge on any atom is 0.162 e. The van der Waals surface area contributed by atoms with Crippen LogP contribution in [0.2, 0.25) is 5.02 Å². The molecule has 20 heavy (non-hydrogen) atoms. The largest absolute Gasteiger partial charge is 0.373 e. The molecule has 5 heteroatoms. The van der Waals surface area contributed by atoms with Crippen molar-refractivity contribution in [3.63, 3.8) is 0 Å². The summed E-state index contributed by atoms with van der Waals surface area (Å²) in [5, 5.41) is 4.29. The Morgan fingerprint density at radius 1 is 1.05 bits per heavy atom. The van der Waals surface area contributed by atoms with Crippen molar-refractivity contribution in [1.82, 2.24) is 9.97 Å². The Morgan fingerprint density at radius 2 is 1.80 bits per heavy atom. The third-order valence-corrected chi connectivity index (χ3v) is 3.25. The van der Waals surface area contributed by atoms with Gasteiger partial charge in [-0.3, -0.25) is 0 Å². The second kappa shape index (κ2) is 5.06. The number of rotatable bonds is 2. The molecule has 0 saturated carbocycles. The highest BCUT2D eigenvalue weighted by atomic mass is 35.5. The Kier molecular flexibility index (Phi) is 3.24. The average Bonchev–Trinajstić information content (AvgIpc) is 2.47. The third kappa shape index (κ3) is 2.30. The summed E-state index contributed by atoms with van der Waals surface area (Å²) in [6.07, 6.45) is 0. The predicted octanol–water partition coefficient (Wildman–Crippen LogP) is 4.13. The van der Waals surface area contributed by atoms with Gasteiger partial charge in [-0.2, -0.15) is 0 Å². The molecule has 0 unspecified atom stereocenters. The summed E-state index contributed by atoms with van der Waals surface area (Å²) in [7, 11) is 1.75. The molecule has 0 aliphatic heterocycles. The van der Waals surface area contributed by atoms with E-state index >= 15 is 0 Å². The van der Waals surface area contributed by atoms with Crippen molar-refractivity contribution in [2.24, 2.45) is 0 Å². The molecule has 0 aliphatic rings. The summed E-state index contributed by atoms with van der Waals surface area (Å²) in [5.41, 5.74) is 1.55. The van der Waals surface area contributed by atoms with Gasteiger partial charge in [0.1, 0.15) is 11.6 Å². The number of hydrogen-bond acceptors (Lipinski definition) is 3. The molecule has 0 bridgehead atoms. The lowest BCUT2D eigenvalue weighted by Crippen LogP contribution is -1.99. The number of benzene rings is 2. The number of nitrogens with one attached hydrogen (secondary N) is 1. The fourth-order valence-electron chi connectivity index (χ4n) is 2.02. The number of nitrogens with zero attached hydrogens (tertiary/aromatic N) is 2. The lowest BCUT2D eigenvalue weighted by Gasteiger charge is -2.08. The van der Waals surface area contributed by atoms with Crippen LogP contribution in [0.4, 0.5) is 10.2 Å². The number of hydrogen-bond donors (Lipinski definition) is 1. The minimum atomic E-state index is -0.308. The topological polar surface area (TPSA) is 37.8 Å². The maximum absolute atomic E-state index is 13.3. The molecule has 3 aromatic rings. The maximum atomic E-state index is 13.3. The molecular weight excluding hydrogens is 277 g/mol. The number of fused-ring (bicyclic) bond motifs is 1. The van der Waals surface area contributed by atoms with Gasteiger partial charge in [0.15, 0.2) is 5.82 Å². The molecule has 0 atom stereocenters. The highest BCUT2D eigenvalue weighted by molar-refractivity contribution is 6.30. The van der Waals surface area contributed by atoms with Gasteiger partial charge >= 0.3 is 0 Å². The van der Waals surface area contributed by atoms with Crippen LogP contribution >= 0.6 is 11.6 Å². The zero-order valence-electron chi connectivity index (χ0n) is 10.7. The number of aromatic nitrogens is 2. The fourth-order valence-corrected chi connectivity index (χ4v) is 2.15. The summed E-state index contributed by atoms with van der Waals surface area (Å²) >= 11 is 5.88. The van der Waals surface area contributed by atoms with Crippen molar-refractivity contribution >= 4 is 28.3 Å². The first-order valence-electron chi connectivity index (χ1n) is 6.08. The van der Waals surface area contributed by atoms with Crippen molar-refractivity contribution in [2.45, 2.75) is 0 Å². The smallest absolute Gasteiger partial charge is 0.162 e. The summed E-state index contributed by atoms with van der Waals surface area (Å²) < 4.78 is 13.3. The Bertz CT molecular complexity index is 772. The van der Waals surface area contributed by atoms with Gasteiger partial charge < -0.3 is 5.32 Å². The molecule has 3 rings (SSSR count). The Balaban J connectivity index is 2.22. The van der Waals surface area contributed by atoms with E-state index < -0.39 is 0 Å². The van der Waals surface area contributed by atoms with E-state index in [4.69, 9.17) is 11.6 Å². The predicted molar refractivity (Wildman–Crippen MR) is 79.5 cm³/mol. The molecule has 1 aromatic heterocycles. The van der Waals surface area contributed by atoms with Gasteiger partial charge in [-0.15, -0.1) is 0 Å². The molecule has 2 aromatic carbocycles. The van der Waals surface area contributed by atoms with Crippen molar-refractivity contribution in [1.29, 1.82) is 0 Å². The molecule has 1 N–H and O–H groups in total. The SMILES string of the molecule is CNc1nc(-c2ccc(Cl)cc2)nc2ccc(F)cc12. The van der Waals surface area contributed by atoms with E-state index in [0.29, 0.717) is 27.6 Å². The Morgan fingerprint density at radius 3 is 2.50 bits per heavy atom. The molecule has 0 aliphatic carbocycles. The van der Waals surface area contributed by atoms with Gasteiger partial charge in [-0.05, 0) is 42.5 Å². The second-order valence-electron chi connectivity index (χ2n) is 4.31. The lowest BCUT2D eigenvalue weighted by molar-refractivity contribution is 0.629. The fraction of sp³-hybridized carbons (Fsp3) is 0.0667. The van der Waals surface area contributed by atoms with Gasteiger partial charge in [-0.25, -0.2) is 14.4 Å². The molecule has 0 amide bonds. The molecule has 0 spiro atoms. The molecule has 100 valence electrons. The first-order chi connectivity index (χ1) is 9.67. The molecule has 0 radical (unpaired) electrons. The van der Waals surface area contributed by atoms with E-state index in [1.807, 2.05) is 12.1 Å². The zero-order valence-corrected chi connectivity index (χ0v) is 11.4. The van der Waals surface area contributed by atoms with E-state index in [1.54, 1.807) is 25.2 Å². The molecule has 0 saturated heterocycles. The summed E-state index contributed by atoms with van der Waals surface area (Å²) in [6, 6.07) is 11.7. The van der Waals surface area contributed by atoms with Crippen LogP contribution in [0.5, 0.6) is 0 Å². The Hall–Kier alpha value is -2.20. The van der Waals surface area contributed by atoms with E-state index in [1.165, 1.54) is 12.1 Å². The minimum Gasteiger partial charge on any atom is -0.373 e.